The maximum atomic E-state index is 12.7. The zero-order chi connectivity index (χ0) is 16.6. The summed E-state index contributed by atoms with van der Waals surface area (Å²) in [5, 5.41) is 1.67. The fourth-order valence-electron chi connectivity index (χ4n) is 3.72. The topological polar surface area (TPSA) is 58.6 Å². The molecule has 0 spiro atoms. The van der Waals surface area contributed by atoms with Crippen molar-refractivity contribution < 1.29 is 13.2 Å². The minimum atomic E-state index is -3.56. The third-order valence-corrected chi connectivity index (χ3v) is 6.48. The molecule has 2 aromatic rings. The largest absolute Gasteiger partial charge is 0.374 e. The molecule has 0 aromatic heterocycles. The first-order valence-electron chi connectivity index (χ1n) is 8.46. The Bertz CT molecular complexity index is 832. The molecule has 2 fully saturated rings. The highest BCUT2D eigenvalue weighted by Gasteiger charge is 2.32. The van der Waals surface area contributed by atoms with Crippen molar-refractivity contribution in [3.05, 3.63) is 42.5 Å². The monoisotopic (exact) mass is 346 g/mol. The highest BCUT2D eigenvalue weighted by atomic mass is 32.2. The first-order chi connectivity index (χ1) is 11.6. The normalized spacial score (nSPS) is 25.0. The Kier molecular flexibility index (Phi) is 4.30. The first kappa shape index (κ1) is 16.0. The number of hydrogen-bond acceptors (Lipinski definition) is 4. The minimum Gasteiger partial charge on any atom is -0.374 e. The third-order valence-electron chi connectivity index (χ3n) is 5.00. The number of morpholine rings is 1. The second-order valence-electron chi connectivity index (χ2n) is 6.58. The van der Waals surface area contributed by atoms with E-state index in [1.54, 1.807) is 12.1 Å². The van der Waals surface area contributed by atoms with Gasteiger partial charge in [0.15, 0.2) is 0 Å². The van der Waals surface area contributed by atoms with Gasteiger partial charge in [0.1, 0.15) is 0 Å². The van der Waals surface area contributed by atoms with Crippen molar-refractivity contribution in [2.24, 2.45) is 0 Å². The van der Waals surface area contributed by atoms with Gasteiger partial charge in [-0.1, -0.05) is 36.4 Å². The van der Waals surface area contributed by atoms with E-state index in [-0.39, 0.29) is 6.10 Å². The molecule has 0 radical (unpaired) electrons. The Balaban J connectivity index is 1.49. The summed E-state index contributed by atoms with van der Waals surface area (Å²) < 4.78 is 34.1. The molecule has 0 saturated carbocycles. The molecule has 1 N–H and O–H groups in total. The van der Waals surface area contributed by atoms with E-state index in [2.05, 4.69) is 9.62 Å². The lowest BCUT2D eigenvalue weighted by molar-refractivity contribution is -0.0448. The number of nitrogens with zero attached hydrogens (tertiary/aromatic N) is 1. The number of rotatable bonds is 4. The van der Waals surface area contributed by atoms with Crippen molar-refractivity contribution in [2.75, 3.05) is 26.2 Å². The minimum absolute atomic E-state index is 0.0795. The molecule has 4 rings (SSSR count). The maximum Gasteiger partial charge on any atom is 0.241 e. The fourth-order valence-corrected chi connectivity index (χ4v) is 5.01. The Morgan fingerprint density at radius 2 is 2.00 bits per heavy atom. The van der Waals surface area contributed by atoms with Crippen LogP contribution < -0.4 is 4.72 Å². The Morgan fingerprint density at radius 1 is 1.17 bits per heavy atom. The Hall–Kier alpha value is -1.47. The smallest absolute Gasteiger partial charge is 0.241 e. The van der Waals surface area contributed by atoms with Gasteiger partial charge in [-0.05, 0) is 30.8 Å². The van der Waals surface area contributed by atoms with Gasteiger partial charge in [-0.3, -0.25) is 4.90 Å². The van der Waals surface area contributed by atoms with Crippen LogP contribution >= 0.6 is 0 Å². The average Bonchev–Trinajstić information content (AvgIpc) is 3.07. The van der Waals surface area contributed by atoms with E-state index in [4.69, 9.17) is 4.74 Å². The SMILES string of the molecule is O=S(=O)(NC[C@H]1CN2CCC[C@H]2CO1)c1cccc2ccccc12. The lowest BCUT2D eigenvalue weighted by atomic mass is 10.1. The van der Waals surface area contributed by atoms with E-state index in [1.807, 2.05) is 30.3 Å². The summed E-state index contributed by atoms with van der Waals surface area (Å²) in [5.74, 6) is 0. The standard InChI is InChI=1S/C18H22N2O3S/c21-24(22,18-9-3-6-14-5-1-2-8-17(14)18)19-11-16-12-20-10-4-7-15(20)13-23-16/h1-3,5-6,8-9,15-16,19H,4,7,10-13H2/t15-,16-/m0/s1. The van der Waals surface area contributed by atoms with Gasteiger partial charge in [0.05, 0.1) is 17.6 Å². The average molecular weight is 346 g/mol. The molecule has 2 atom stereocenters. The van der Waals surface area contributed by atoms with Crippen LogP contribution in [0.2, 0.25) is 0 Å². The Labute approximate surface area is 142 Å². The lowest BCUT2D eigenvalue weighted by Crippen LogP contribution is -2.50. The van der Waals surface area contributed by atoms with Crippen LogP contribution in [0.4, 0.5) is 0 Å². The molecule has 0 amide bonds. The van der Waals surface area contributed by atoms with E-state index in [0.29, 0.717) is 24.1 Å². The van der Waals surface area contributed by atoms with Gasteiger partial charge >= 0.3 is 0 Å². The van der Waals surface area contributed by atoms with Gasteiger partial charge in [-0.15, -0.1) is 0 Å². The summed E-state index contributed by atoms with van der Waals surface area (Å²) in [4.78, 5) is 2.75. The predicted octanol–water partition coefficient (Wildman–Crippen LogP) is 1.98. The van der Waals surface area contributed by atoms with Gasteiger partial charge in [-0.2, -0.15) is 0 Å². The lowest BCUT2D eigenvalue weighted by Gasteiger charge is -2.35. The van der Waals surface area contributed by atoms with Crippen molar-refractivity contribution in [2.45, 2.75) is 29.9 Å². The van der Waals surface area contributed by atoms with Crippen molar-refractivity contribution in [3.63, 3.8) is 0 Å². The van der Waals surface area contributed by atoms with Crippen molar-refractivity contribution >= 4 is 20.8 Å². The predicted molar refractivity (Wildman–Crippen MR) is 93.5 cm³/mol. The summed E-state index contributed by atoms with van der Waals surface area (Å²) in [6.45, 7) is 2.93. The third kappa shape index (κ3) is 3.07. The molecular weight excluding hydrogens is 324 g/mol. The van der Waals surface area contributed by atoms with E-state index in [1.165, 1.54) is 12.8 Å². The van der Waals surface area contributed by atoms with Crippen LogP contribution in [0.15, 0.2) is 47.4 Å². The molecule has 6 heteroatoms. The zero-order valence-electron chi connectivity index (χ0n) is 13.5. The molecule has 0 unspecified atom stereocenters. The number of sulfonamides is 1. The van der Waals surface area contributed by atoms with Crippen molar-refractivity contribution in [3.8, 4) is 0 Å². The number of nitrogens with one attached hydrogen (secondary N) is 1. The van der Waals surface area contributed by atoms with Crippen molar-refractivity contribution in [1.82, 2.24) is 9.62 Å². The van der Waals surface area contributed by atoms with Crippen LogP contribution in [0.3, 0.4) is 0 Å². The number of fused-ring (bicyclic) bond motifs is 2. The zero-order valence-corrected chi connectivity index (χ0v) is 14.3. The summed E-state index contributed by atoms with van der Waals surface area (Å²) >= 11 is 0. The summed E-state index contributed by atoms with van der Waals surface area (Å²) in [7, 11) is -3.56. The second-order valence-corrected chi connectivity index (χ2v) is 8.31. The van der Waals surface area contributed by atoms with Crippen LogP contribution in [0, 0.1) is 0 Å². The molecule has 2 heterocycles. The molecule has 2 saturated heterocycles. The number of hydrogen-bond donors (Lipinski definition) is 1. The van der Waals surface area contributed by atoms with Crippen LogP contribution in [-0.4, -0.2) is 51.7 Å². The van der Waals surface area contributed by atoms with E-state index >= 15 is 0 Å². The van der Waals surface area contributed by atoms with Crippen LogP contribution in [0.25, 0.3) is 10.8 Å². The molecule has 2 aromatic carbocycles. The Morgan fingerprint density at radius 3 is 2.92 bits per heavy atom. The van der Waals surface area contributed by atoms with Gasteiger partial charge in [0.2, 0.25) is 10.0 Å². The summed E-state index contributed by atoms with van der Waals surface area (Å²) in [5.41, 5.74) is 0. The molecule has 0 aliphatic carbocycles. The fraction of sp³-hybridized carbons (Fsp3) is 0.444. The molecule has 24 heavy (non-hydrogen) atoms. The van der Waals surface area contributed by atoms with E-state index < -0.39 is 10.0 Å². The van der Waals surface area contributed by atoms with Crippen molar-refractivity contribution in [1.29, 1.82) is 0 Å². The molecule has 2 aliphatic rings. The molecule has 0 bridgehead atoms. The molecule has 2 aliphatic heterocycles. The maximum absolute atomic E-state index is 12.7. The first-order valence-corrected chi connectivity index (χ1v) is 9.95. The highest BCUT2D eigenvalue weighted by molar-refractivity contribution is 7.89. The van der Waals surface area contributed by atoms with Gasteiger partial charge < -0.3 is 4.74 Å². The van der Waals surface area contributed by atoms with Crippen LogP contribution in [0.1, 0.15) is 12.8 Å². The molecule has 128 valence electrons. The number of benzene rings is 2. The van der Waals surface area contributed by atoms with E-state index in [9.17, 15) is 8.42 Å². The van der Waals surface area contributed by atoms with Crippen LogP contribution in [-0.2, 0) is 14.8 Å². The summed E-state index contributed by atoms with van der Waals surface area (Å²) in [6.07, 6.45) is 2.32. The quantitative estimate of drug-likeness (QED) is 0.920. The molecular formula is C18H22N2O3S. The van der Waals surface area contributed by atoms with Gasteiger partial charge in [0, 0.05) is 24.5 Å². The highest BCUT2D eigenvalue weighted by Crippen LogP contribution is 2.24. The summed E-state index contributed by atoms with van der Waals surface area (Å²) in [6, 6.07) is 13.4. The van der Waals surface area contributed by atoms with E-state index in [0.717, 1.165) is 23.9 Å². The molecule has 5 nitrogen and oxygen atoms in total. The second kappa shape index (κ2) is 6.44. The number of ether oxygens (including phenoxy) is 1. The van der Waals surface area contributed by atoms with Crippen LogP contribution in [0.5, 0.6) is 0 Å². The van der Waals surface area contributed by atoms with Gasteiger partial charge in [0.25, 0.3) is 0 Å². The van der Waals surface area contributed by atoms with Gasteiger partial charge in [-0.25, -0.2) is 13.1 Å².